The van der Waals surface area contributed by atoms with Crippen molar-refractivity contribution in [3.8, 4) is 0 Å². The molecule has 140 valence electrons. The Bertz CT molecular complexity index is 375. The maximum absolute atomic E-state index is 11.8. The van der Waals surface area contributed by atoms with Crippen molar-refractivity contribution in [3.05, 3.63) is 12.7 Å². The number of hydrogen-bond acceptors (Lipinski definition) is 3. The third kappa shape index (κ3) is 6.24. The molecule has 0 aliphatic rings. The standard InChI is InChI=1S/C18H33NO5/c1-4-7-8-9-10-11-12-19(13-14-20,15(5-2)17(21)22)16(6-3)18(23)24/h4,15-16,20H,1,5-14H2,2-3H3,(H-,21,22,23,24)/p+1. The van der Waals surface area contributed by atoms with Crippen molar-refractivity contribution in [2.75, 3.05) is 19.7 Å². The minimum absolute atomic E-state index is 0.0738. The van der Waals surface area contributed by atoms with Gasteiger partial charge in [0.15, 0.2) is 12.1 Å². The number of carbonyl (C=O) groups is 2. The fourth-order valence-electron chi connectivity index (χ4n) is 3.70. The van der Waals surface area contributed by atoms with Gasteiger partial charge in [-0.05, 0) is 25.7 Å². The van der Waals surface area contributed by atoms with Gasteiger partial charge in [0.05, 0.1) is 13.2 Å². The van der Waals surface area contributed by atoms with Gasteiger partial charge in [-0.1, -0.05) is 26.3 Å². The number of rotatable bonds is 15. The molecule has 6 heteroatoms. The second-order valence-corrected chi connectivity index (χ2v) is 6.29. The maximum Gasteiger partial charge on any atom is 0.362 e. The molecular formula is C18H34NO5+. The summed E-state index contributed by atoms with van der Waals surface area (Å²) < 4.78 is -0.0738. The molecule has 0 heterocycles. The average molecular weight is 344 g/mol. The SMILES string of the molecule is C=CCCCCCC[N+](CCO)(C(CC)C(=O)O)C(CC)C(=O)O. The Labute approximate surface area is 145 Å². The summed E-state index contributed by atoms with van der Waals surface area (Å²) in [6.07, 6.45) is 7.24. The van der Waals surface area contributed by atoms with Gasteiger partial charge in [0.1, 0.15) is 6.54 Å². The number of carboxylic acid groups (broad SMARTS) is 2. The zero-order valence-electron chi connectivity index (χ0n) is 15.1. The van der Waals surface area contributed by atoms with Gasteiger partial charge in [-0.2, -0.15) is 0 Å². The van der Waals surface area contributed by atoms with Crippen LogP contribution < -0.4 is 0 Å². The number of aliphatic carboxylic acids is 2. The summed E-state index contributed by atoms with van der Waals surface area (Å²) >= 11 is 0. The molecule has 0 aromatic carbocycles. The minimum atomic E-state index is -0.989. The molecule has 2 atom stereocenters. The summed E-state index contributed by atoms with van der Waals surface area (Å²) in [6.45, 7) is 7.62. The zero-order valence-corrected chi connectivity index (χ0v) is 15.1. The molecule has 3 N–H and O–H groups in total. The van der Waals surface area contributed by atoms with Crippen LogP contribution in [0.4, 0.5) is 0 Å². The number of allylic oxidation sites excluding steroid dienone is 1. The minimum Gasteiger partial charge on any atom is -0.477 e. The van der Waals surface area contributed by atoms with E-state index < -0.39 is 24.0 Å². The van der Waals surface area contributed by atoms with Gasteiger partial charge in [0.2, 0.25) is 0 Å². The van der Waals surface area contributed by atoms with Crippen molar-refractivity contribution >= 4 is 11.9 Å². The van der Waals surface area contributed by atoms with Crippen molar-refractivity contribution in [3.63, 3.8) is 0 Å². The van der Waals surface area contributed by atoms with Gasteiger partial charge >= 0.3 is 11.9 Å². The van der Waals surface area contributed by atoms with E-state index in [-0.39, 0.29) is 17.6 Å². The number of carboxylic acids is 2. The topological polar surface area (TPSA) is 94.8 Å². The molecule has 0 saturated heterocycles. The average Bonchev–Trinajstić information content (AvgIpc) is 2.51. The largest absolute Gasteiger partial charge is 0.477 e. The molecule has 0 amide bonds. The van der Waals surface area contributed by atoms with Crippen molar-refractivity contribution in [2.24, 2.45) is 0 Å². The Hall–Kier alpha value is -1.40. The first-order valence-corrected chi connectivity index (χ1v) is 8.95. The van der Waals surface area contributed by atoms with Gasteiger partial charge in [-0.25, -0.2) is 9.59 Å². The molecule has 0 aromatic rings. The van der Waals surface area contributed by atoms with E-state index in [1.807, 2.05) is 6.08 Å². The molecule has 6 nitrogen and oxygen atoms in total. The van der Waals surface area contributed by atoms with Crippen molar-refractivity contribution < 1.29 is 29.4 Å². The van der Waals surface area contributed by atoms with E-state index >= 15 is 0 Å². The van der Waals surface area contributed by atoms with Crippen molar-refractivity contribution in [2.45, 2.75) is 70.9 Å². The Morgan fingerprint density at radius 2 is 1.46 bits per heavy atom. The fraction of sp³-hybridized carbons (Fsp3) is 0.778. The summed E-state index contributed by atoms with van der Waals surface area (Å²) in [7, 11) is 0. The van der Waals surface area contributed by atoms with Gasteiger partial charge in [0.25, 0.3) is 0 Å². The highest BCUT2D eigenvalue weighted by Gasteiger charge is 2.48. The summed E-state index contributed by atoms with van der Waals surface area (Å²) in [5.41, 5.74) is 0. The van der Waals surface area contributed by atoms with Gasteiger partial charge in [0, 0.05) is 12.8 Å². The highest BCUT2D eigenvalue weighted by molar-refractivity contribution is 5.75. The monoisotopic (exact) mass is 344 g/mol. The van der Waals surface area contributed by atoms with Crippen LogP contribution in [0.2, 0.25) is 0 Å². The molecule has 0 saturated carbocycles. The fourth-order valence-corrected chi connectivity index (χ4v) is 3.70. The Balaban J connectivity index is 5.37. The lowest BCUT2D eigenvalue weighted by atomic mass is 9.99. The van der Waals surface area contributed by atoms with Crippen LogP contribution in [-0.4, -0.2) is 63.5 Å². The predicted octanol–water partition coefficient (Wildman–Crippen LogP) is 2.66. The predicted molar refractivity (Wildman–Crippen MR) is 93.8 cm³/mol. The van der Waals surface area contributed by atoms with E-state index in [2.05, 4.69) is 6.58 Å². The molecule has 0 aromatic heterocycles. The molecule has 2 unspecified atom stereocenters. The summed E-state index contributed by atoms with van der Waals surface area (Å²) in [5.74, 6) is -1.98. The number of quaternary nitrogens is 1. The van der Waals surface area contributed by atoms with Crippen LogP contribution in [0.15, 0.2) is 12.7 Å². The van der Waals surface area contributed by atoms with Crippen LogP contribution in [0.3, 0.4) is 0 Å². The molecule has 0 rings (SSSR count). The number of hydrogen-bond donors (Lipinski definition) is 3. The lowest BCUT2D eigenvalue weighted by molar-refractivity contribution is -0.959. The Morgan fingerprint density at radius 3 is 1.83 bits per heavy atom. The number of nitrogens with zero attached hydrogens (tertiary/aromatic N) is 1. The third-order valence-corrected chi connectivity index (χ3v) is 4.83. The smallest absolute Gasteiger partial charge is 0.362 e. The second kappa shape index (κ2) is 12.0. The second-order valence-electron chi connectivity index (χ2n) is 6.29. The molecule has 0 bridgehead atoms. The first kappa shape index (κ1) is 22.6. The van der Waals surface area contributed by atoms with E-state index in [0.29, 0.717) is 19.4 Å². The number of unbranched alkanes of at least 4 members (excludes halogenated alkanes) is 4. The first-order chi connectivity index (χ1) is 11.4. The van der Waals surface area contributed by atoms with E-state index in [4.69, 9.17) is 0 Å². The van der Waals surface area contributed by atoms with E-state index in [0.717, 1.165) is 32.1 Å². The summed E-state index contributed by atoms with van der Waals surface area (Å²) in [4.78, 5) is 23.5. The third-order valence-electron chi connectivity index (χ3n) is 4.83. The molecular weight excluding hydrogens is 310 g/mol. The summed E-state index contributed by atoms with van der Waals surface area (Å²) in [6, 6.07) is -1.63. The zero-order chi connectivity index (χ0) is 18.6. The lowest BCUT2D eigenvalue weighted by Crippen LogP contribution is -2.67. The van der Waals surface area contributed by atoms with Crippen LogP contribution in [-0.2, 0) is 9.59 Å². The number of aliphatic hydroxyl groups is 1. The van der Waals surface area contributed by atoms with Crippen LogP contribution in [0.25, 0.3) is 0 Å². The van der Waals surface area contributed by atoms with E-state index in [1.54, 1.807) is 13.8 Å². The first-order valence-electron chi connectivity index (χ1n) is 8.95. The van der Waals surface area contributed by atoms with Crippen LogP contribution >= 0.6 is 0 Å². The Morgan fingerprint density at radius 1 is 0.958 bits per heavy atom. The Kier molecular flexibility index (Phi) is 11.3. The highest BCUT2D eigenvalue weighted by atomic mass is 16.4. The van der Waals surface area contributed by atoms with E-state index in [1.165, 1.54) is 0 Å². The highest BCUT2D eigenvalue weighted by Crippen LogP contribution is 2.26. The lowest BCUT2D eigenvalue weighted by Gasteiger charge is -2.46. The van der Waals surface area contributed by atoms with Crippen molar-refractivity contribution in [1.29, 1.82) is 0 Å². The quantitative estimate of drug-likeness (QED) is 0.241. The normalized spacial score (nSPS) is 16.1. The van der Waals surface area contributed by atoms with Crippen LogP contribution in [0.5, 0.6) is 0 Å². The molecule has 0 aliphatic carbocycles. The van der Waals surface area contributed by atoms with Crippen molar-refractivity contribution in [1.82, 2.24) is 0 Å². The maximum atomic E-state index is 11.8. The number of aliphatic hydroxyl groups excluding tert-OH is 1. The molecule has 0 fully saturated rings. The van der Waals surface area contributed by atoms with Crippen LogP contribution in [0, 0.1) is 0 Å². The molecule has 0 spiro atoms. The molecule has 24 heavy (non-hydrogen) atoms. The van der Waals surface area contributed by atoms with Gasteiger partial charge in [-0.15, -0.1) is 6.58 Å². The van der Waals surface area contributed by atoms with E-state index in [9.17, 15) is 24.9 Å². The molecule has 0 radical (unpaired) electrons. The summed E-state index contributed by atoms with van der Waals surface area (Å²) in [5, 5.41) is 28.8. The molecule has 0 aliphatic heterocycles. The van der Waals surface area contributed by atoms with Crippen LogP contribution in [0.1, 0.15) is 58.8 Å². The van der Waals surface area contributed by atoms with Gasteiger partial charge < -0.3 is 15.3 Å². The van der Waals surface area contributed by atoms with Gasteiger partial charge in [-0.3, -0.25) is 4.48 Å².